The summed E-state index contributed by atoms with van der Waals surface area (Å²) in [4.78, 5) is 0. The predicted octanol–water partition coefficient (Wildman–Crippen LogP) is 4.19. The molecule has 2 unspecified atom stereocenters. The highest BCUT2D eigenvalue weighted by Crippen LogP contribution is 2.21. The Bertz CT molecular complexity index is 185. The van der Waals surface area contributed by atoms with E-state index in [9.17, 15) is 0 Å². The molecule has 0 nitrogen and oxygen atoms in total. The van der Waals surface area contributed by atoms with Gasteiger partial charge in [0.1, 0.15) is 0 Å². The first kappa shape index (κ1) is 12.9. The van der Waals surface area contributed by atoms with E-state index in [1.54, 1.807) is 5.57 Å². The lowest BCUT2D eigenvalue weighted by molar-refractivity contribution is 0.658. The zero-order chi connectivity index (χ0) is 10.3. The monoisotopic (exact) mass is 198 g/mol. The topological polar surface area (TPSA) is 0 Å². The summed E-state index contributed by atoms with van der Waals surface area (Å²) >= 11 is 0. The molecule has 0 saturated heterocycles. The van der Waals surface area contributed by atoms with Crippen molar-refractivity contribution in [2.45, 2.75) is 40.5 Å². The summed E-state index contributed by atoms with van der Waals surface area (Å²) in [6, 6.07) is 0. The van der Waals surface area contributed by atoms with Crippen LogP contribution in [0, 0.1) is 5.92 Å². The van der Waals surface area contributed by atoms with Crippen molar-refractivity contribution >= 4 is 9.24 Å². The molecule has 0 amide bonds. The summed E-state index contributed by atoms with van der Waals surface area (Å²) in [7, 11) is 2.72. The maximum Gasteiger partial charge on any atom is -0.0195 e. The molecule has 0 saturated carbocycles. The van der Waals surface area contributed by atoms with Crippen LogP contribution in [0.1, 0.15) is 40.5 Å². The number of rotatable bonds is 5. The Morgan fingerprint density at radius 1 is 1.31 bits per heavy atom. The molecule has 76 valence electrons. The minimum Gasteiger partial charge on any atom is -0.134 e. The van der Waals surface area contributed by atoms with Crippen molar-refractivity contribution < 1.29 is 0 Å². The van der Waals surface area contributed by atoms with Crippen LogP contribution >= 0.6 is 9.24 Å². The third kappa shape index (κ3) is 5.26. The van der Waals surface area contributed by atoms with Gasteiger partial charge < -0.3 is 0 Å². The molecular weight excluding hydrogens is 175 g/mol. The average molecular weight is 198 g/mol. The molecule has 0 aliphatic rings. The van der Waals surface area contributed by atoms with E-state index in [2.05, 4.69) is 49.1 Å². The molecule has 0 heterocycles. The lowest BCUT2D eigenvalue weighted by Gasteiger charge is -2.14. The van der Waals surface area contributed by atoms with Gasteiger partial charge >= 0.3 is 0 Å². The smallest absolute Gasteiger partial charge is 0.0195 e. The largest absolute Gasteiger partial charge is 0.134 e. The highest BCUT2D eigenvalue weighted by atomic mass is 31.0. The van der Waals surface area contributed by atoms with Crippen LogP contribution in [0.4, 0.5) is 0 Å². The molecule has 2 atom stereocenters. The van der Waals surface area contributed by atoms with Crippen LogP contribution in [0.3, 0.4) is 0 Å². The molecule has 0 bridgehead atoms. The Morgan fingerprint density at radius 3 is 2.31 bits per heavy atom. The first-order valence-electron chi connectivity index (χ1n) is 5.14. The highest BCUT2D eigenvalue weighted by Gasteiger charge is 2.05. The van der Waals surface area contributed by atoms with Gasteiger partial charge in [0, 0.05) is 0 Å². The van der Waals surface area contributed by atoms with E-state index >= 15 is 0 Å². The van der Waals surface area contributed by atoms with Crippen LogP contribution in [0.25, 0.3) is 0 Å². The molecule has 0 aromatic carbocycles. The Hall–Kier alpha value is -0.0900. The van der Waals surface area contributed by atoms with E-state index in [4.69, 9.17) is 0 Å². The van der Waals surface area contributed by atoms with Crippen LogP contribution < -0.4 is 0 Å². The molecule has 0 N–H and O–H groups in total. The molecule has 0 aliphatic carbocycles. The van der Waals surface area contributed by atoms with E-state index in [-0.39, 0.29) is 0 Å². The highest BCUT2D eigenvalue weighted by molar-refractivity contribution is 7.16. The Balaban J connectivity index is 4.16. The molecule has 0 radical (unpaired) electrons. The van der Waals surface area contributed by atoms with Crippen molar-refractivity contribution in [2.75, 3.05) is 6.16 Å². The Labute approximate surface area is 85.7 Å². The van der Waals surface area contributed by atoms with E-state index in [0.717, 1.165) is 6.16 Å². The summed E-state index contributed by atoms with van der Waals surface area (Å²) in [6.45, 7) is 9.00. The normalized spacial score (nSPS) is 13.3. The molecular formula is C12H23P. The van der Waals surface area contributed by atoms with E-state index in [0.29, 0.717) is 5.92 Å². The standard InChI is InChI=1S/C12H23P/c1-5-12(10(2)3)11(4)8-6-7-9-13/h6-7,11H,5,8-9,13H2,1-4H3/b7-6-. The van der Waals surface area contributed by atoms with Crippen molar-refractivity contribution in [1.29, 1.82) is 0 Å². The average Bonchev–Trinajstić information content (AvgIpc) is 2.05. The fourth-order valence-electron chi connectivity index (χ4n) is 1.73. The molecule has 13 heavy (non-hydrogen) atoms. The fraction of sp³-hybridized carbons (Fsp3) is 0.667. The van der Waals surface area contributed by atoms with Crippen LogP contribution in [-0.2, 0) is 0 Å². The Morgan fingerprint density at radius 2 is 1.92 bits per heavy atom. The first-order valence-corrected chi connectivity index (χ1v) is 5.96. The van der Waals surface area contributed by atoms with Gasteiger partial charge in [0.2, 0.25) is 0 Å². The van der Waals surface area contributed by atoms with Gasteiger partial charge in [-0.15, -0.1) is 9.24 Å². The first-order chi connectivity index (χ1) is 6.13. The summed E-state index contributed by atoms with van der Waals surface area (Å²) in [5.41, 5.74) is 3.11. The maximum atomic E-state index is 2.72. The minimum absolute atomic E-state index is 0.711. The zero-order valence-electron chi connectivity index (χ0n) is 9.43. The van der Waals surface area contributed by atoms with Crippen molar-refractivity contribution in [3.8, 4) is 0 Å². The van der Waals surface area contributed by atoms with Gasteiger partial charge in [-0.1, -0.05) is 37.1 Å². The lowest BCUT2D eigenvalue weighted by atomic mass is 9.92. The second kappa shape index (κ2) is 7.33. The number of allylic oxidation sites excluding steroid dienone is 4. The molecule has 0 fully saturated rings. The maximum absolute atomic E-state index is 2.72. The van der Waals surface area contributed by atoms with Gasteiger partial charge in [0.15, 0.2) is 0 Å². The van der Waals surface area contributed by atoms with Gasteiger partial charge in [0.05, 0.1) is 0 Å². The van der Waals surface area contributed by atoms with Gasteiger partial charge in [-0.05, 0) is 38.8 Å². The SMILES string of the molecule is CCC(=C(C)C)C(C)C/C=C\CP. The van der Waals surface area contributed by atoms with Crippen molar-refractivity contribution in [3.05, 3.63) is 23.3 Å². The van der Waals surface area contributed by atoms with Crippen molar-refractivity contribution in [1.82, 2.24) is 0 Å². The molecule has 0 aromatic heterocycles. The minimum atomic E-state index is 0.711. The Kier molecular flexibility index (Phi) is 7.28. The van der Waals surface area contributed by atoms with Crippen LogP contribution in [0.5, 0.6) is 0 Å². The summed E-state index contributed by atoms with van der Waals surface area (Å²) in [5.74, 6) is 0.711. The predicted molar refractivity (Wildman–Crippen MR) is 66.2 cm³/mol. The molecule has 0 rings (SSSR count). The van der Waals surface area contributed by atoms with Crippen LogP contribution in [-0.4, -0.2) is 6.16 Å². The molecule has 0 spiro atoms. The summed E-state index contributed by atoms with van der Waals surface area (Å²) < 4.78 is 0. The third-order valence-electron chi connectivity index (χ3n) is 2.41. The van der Waals surface area contributed by atoms with Crippen molar-refractivity contribution in [2.24, 2.45) is 5.92 Å². The third-order valence-corrected chi connectivity index (χ3v) is 2.68. The number of hydrogen-bond donors (Lipinski definition) is 0. The molecule has 0 aliphatic heterocycles. The van der Waals surface area contributed by atoms with Gasteiger partial charge in [-0.25, -0.2) is 0 Å². The van der Waals surface area contributed by atoms with Crippen LogP contribution in [0.15, 0.2) is 23.3 Å². The van der Waals surface area contributed by atoms with E-state index < -0.39 is 0 Å². The van der Waals surface area contributed by atoms with Gasteiger partial charge in [0.25, 0.3) is 0 Å². The van der Waals surface area contributed by atoms with Crippen LogP contribution in [0.2, 0.25) is 0 Å². The van der Waals surface area contributed by atoms with E-state index in [1.165, 1.54) is 18.4 Å². The van der Waals surface area contributed by atoms with Crippen molar-refractivity contribution in [3.63, 3.8) is 0 Å². The molecule has 1 heteroatoms. The van der Waals surface area contributed by atoms with Gasteiger partial charge in [-0.2, -0.15) is 0 Å². The fourth-order valence-corrected chi connectivity index (χ4v) is 1.93. The summed E-state index contributed by atoms with van der Waals surface area (Å²) in [6.07, 6.45) is 7.96. The number of hydrogen-bond acceptors (Lipinski definition) is 0. The second-order valence-corrected chi connectivity index (χ2v) is 4.19. The summed E-state index contributed by atoms with van der Waals surface area (Å²) in [5, 5.41) is 0. The zero-order valence-corrected chi connectivity index (χ0v) is 10.6. The van der Waals surface area contributed by atoms with Gasteiger partial charge in [-0.3, -0.25) is 0 Å². The van der Waals surface area contributed by atoms with E-state index in [1.807, 2.05) is 0 Å². The molecule has 0 aromatic rings. The lowest BCUT2D eigenvalue weighted by Crippen LogP contribution is -1.99. The quantitative estimate of drug-likeness (QED) is 0.459. The second-order valence-electron chi connectivity index (χ2n) is 3.72.